The number of aliphatic imine (C=N–C) groups is 1. The molecule has 1 aliphatic heterocycles. The number of rotatable bonds is 6. The summed E-state index contributed by atoms with van der Waals surface area (Å²) in [7, 11) is 0. The highest BCUT2D eigenvalue weighted by Crippen LogP contribution is 2.32. The lowest BCUT2D eigenvalue weighted by molar-refractivity contribution is -0.155. The van der Waals surface area contributed by atoms with Crippen molar-refractivity contribution in [2.75, 3.05) is 11.9 Å². The maximum Gasteiger partial charge on any atom is 0.359 e. The molecular weight excluding hydrogens is 428 g/mol. The zero-order chi connectivity index (χ0) is 20.0. The fourth-order valence-electron chi connectivity index (χ4n) is 2.75. The molecule has 0 radical (unpaired) electrons. The summed E-state index contributed by atoms with van der Waals surface area (Å²) in [4.78, 5) is 40.6. The van der Waals surface area contributed by atoms with Gasteiger partial charge in [-0.1, -0.05) is 22.0 Å². The topological polar surface area (TPSA) is 88.1 Å². The Labute approximate surface area is 162 Å². The molecule has 0 fully saturated rings. The summed E-state index contributed by atoms with van der Waals surface area (Å²) in [5, 5.41) is 3.31. The molecule has 27 heavy (non-hydrogen) atoms. The van der Waals surface area contributed by atoms with Gasteiger partial charge in [0.2, 0.25) is 6.17 Å². The molecule has 2 rings (SSSR count). The minimum absolute atomic E-state index is 0.0463. The van der Waals surface area contributed by atoms with Gasteiger partial charge in [0, 0.05) is 24.0 Å². The number of urea groups is 1. The van der Waals surface area contributed by atoms with Gasteiger partial charge in [-0.05, 0) is 31.0 Å². The molecule has 0 aliphatic carbocycles. The molecule has 0 spiro atoms. The molecule has 0 aromatic heterocycles. The summed E-state index contributed by atoms with van der Waals surface area (Å²) < 4.78 is 31.4. The van der Waals surface area contributed by atoms with Crippen LogP contribution in [0.2, 0.25) is 0 Å². The van der Waals surface area contributed by atoms with Gasteiger partial charge >= 0.3 is 18.5 Å². The van der Waals surface area contributed by atoms with E-state index >= 15 is 0 Å². The quantitative estimate of drug-likeness (QED) is 0.239. The fraction of sp³-hybridized carbons (Fsp3) is 0.412. The maximum atomic E-state index is 13.7. The Morgan fingerprint density at radius 3 is 2.78 bits per heavy atom. The average molecular weight is 446 g/mol. The minimum Gasteiger partial charge on any atom is -0.392 e. The van der Waals surface area contributed by atoms with Crippen LogP contribution < -0.4 is 5.32 Å². The van der Waals surface area contributed by atoms with Gasteiger partial charge in [-0.2, -0.15) is 0 Å². The van der Waals surface area contributed by atoms with E-state index in [4.69, 9.17) is 0 Å². The molecule has 0 saturated carbocycles. The van der Waals surface area contributed by atoms with Crippen molar-refractivity contribution in [1.82, 2.24) is 10.2 Å². The Balaban J connectivity index is 2.42. The van der Waals surface area contributed by atoms with E-state index in [2.05, 4.69) is 31.0 Å². The first kappa shape index (κ1) is 20.9. The first-order valence-corrected chi connectivity index (χ1v) is 9.25. The number of ether oxygens (including phenoxy) is 1. The second-order valence-corrected chi connectivity index (χ2v) is 6.64. The van der Waals surface area contributed by atoms with Crippen molar-refractivity contribution >= 4 is 40.1 Å². The van der Waals surface area contributed by atoms with Gasteiger partial charge in [-0.15, -0.1) is 0 Å². The van der Waals surface area contributed by atoms with Crippen LogP contribution in [0.3, 0.4) is 0 Å². The Kier molecular flexibility index (Phi) is 7.40. The van der Waals surface area contributed by atoms with Crippen molar-refractivity contribution in [3.05, 3.63) is 35.4 Å². The number of benzene rings is 1. The molecule has 2 atom stereocenters. The Morgan fingerprint density at radius 2 is 2.15 bits per heavy atom. The van der Waals surface area contributed by atoms with Crippen molar-refractivity contribution in [3.8, 4) is 0 Å². The number of halogens is 3. The van der Waals surface area contributed by atoms with Crippen LogP contribution in [0.1, 0.15) is 31.4 Å². The molecule has 10 heteroatoms. The summed E-state index contributed by atoms with van der Waals surface area (Å²) in [6, 6.07) is 1.84. The van der Waals surface area contributed by atoms with Crippen molar-refractivity contribution in [2.24, 2.45) is 4.99 Å². The Hall–Kier alpha value is -2.36. The largest absolute Gasteiger partial charge is 0.392 e. The highest BCUT2D eigenvalue weighted by molar-refractivity contribution is 9.09. The lowest BCUT2D eigenvalue weighted by Crippen LogP contribution is -2.53. The van der Waals surface area contributed by atoms with E-state index in [1.54, 1.807) is 6.92 Å². The highest BCUT2D eigenvalue weighted by atomic mass is 79.9. The average Bonchev–Trinajstić information content (AvgIpc) is 2.63. The molecule has 1 aromatic carbocycles. The van der Waals surface area contributed by atoms with Crippen LogP contribution in [0.15, 0.2) is 23.2 Å². The zero-order valence-electron chi connectivity index (χ0n) is 14.5. The number of hydrogen-bond acceptors (Lipinski definition) is 5. The van der Waals surface area contributed by atoms with Crippen LogP contribution in [-0.2, 0) is 14.3 Å². The van der Waals surface area contributed by atoms with Crippen molar-refractivity contribution < 1.29 is 27.9 Å². The molecular formula is C17H18BrF2N3O4. The van der Waals surface area contributed by atoms with Gasteiger partial charge in [-0.3, -0.25) is 14.7 Å². The molecule has 1 N–H and O–H groups in total. The van der Waals surface area contributed by atoms with Crippen molar-refractivity contribution in [1.29, 1.82) is 0 Å². The summed E-state index contributed by atoms with van der Waals surface area (Å²) in [5.41, 5.74) is 0.796. The molecule has 1 aromatic rings. The van der Waals surface area contributed by atoms with Crippen LogP contribution in [0.25, 0.3) is 0 Å². The van der Waals surface area contributed by atoms with E-state index in [9.17, 15) is 23.2 Å². The summed E-state index contributed by atoms with van der Waals surface area (Å²) in [5.74, 6) is -3.13. The highest BCUT2D eigenvalue weighted by Gasteiger charge is 2.40. The van der Waals surface area contributed by atoms with Gasteiger partial charge in [0.05, 0.1) is 6.04 Å². The first-order valence-electron chi connectivity index (χ1n) is 8.13. The number of nitrogens with one attached hydrogen (secondary N) is 1. The third kappa shape index (κ3) is 5.09. The number of carbonyl (C=O) groups is 3. The smallest absolute Gasteiger partial charge is 0.359 e. The standard InChI is InChI=1S/C17H18BrF2N3O4/c1-10-7-14(11-3-4-12(19)13(20)8-11)23(17(26)21-6-2-5-18)15(22-10)16(25)27-9-24/h3-4,8-9,14-15H,2,5-7H2,1H3,(H,21,26). The van der Waals surface area contributed by atoms with E-state index in [-0.39, 0.29) is 12.9 Å². The van der Waals surface area contributed by atoms with E-state index in [0.29, 0.717) is 29.6 Å². The number of esters is 1. The van der Waals surface area contributed by atoms with Gasteiger partial charge in [0.25, 0.3) is 0 Å². The predicted molar refractivity (Wildman–Crippen MR) is 96.4 cm³/mol. The van der Waals surface area contributed by atoms with Crippen LogP contribution >= 0.6 is 15.9 Å². The third-order valence-electron chi connectivity index (χ3n) is 3.96. The van der Waals surface area contributed by atoms with Gasteiger partial charge in [-0.25, -0.2) is 18.4 Å². The van der Waals surface area contributed by atoms with Gasteiger partial charge < -0.3 is 10.1 Å². The summed E-state index contributed by atoms with van der Waals surface area (Å²) in [6.45, 7) is 1.91. The Morgan fingerprint density at radius 1 is 1.41 bits per heavy atom. The normalized spacial score (nSPS) is 19.3. The molecule has 2 amide bonds. The zero-order valence-corrected chi connectivity index (χ0v) is 16.0. The lowest BCUT2D eigenvalue weighted by Gasteiger charge is -2.38. The van der Waals surface area contributed by atoms with Crippen molar-refractivity contribution in [2.45, 2.75) is 32.0 Å². The van der Waals surface area contributed by atoms with Crippen LogP contribution in [0.5, 0.6) is 0 Å². The monoisotopic (exact) mass is 445 g/mol. The SMILES string of the molecule is CC1=NC(C(=O)OC=O)N(C(=O)NCCCBr)C(c2ccc(F)c(F)c2)C1. The van der Waals surface area contributed by atoms with Crippen LogP contribution in [0, 0.1) is 11.6 Å². The molecule has 1 heterocycles. The molecule has 146 valence electrons. The van der Waals surface area contributed by atoms with E-state index in [0.717, 1.165) is 17.0 Å². The Bertz CT molecular complexity index is 760. The lowest BCUT2D eigenvalue weighted by atomic mass is 9.97. The number of amides is 2. The first-order chi connectivity index (χ1) is 12.9. The summed E-state index contributed by atoms with van der Waals surface area (Å²) >= 11 is 3.25. The fourth-order valence-corrected chi connectivity index (χ4v) is 3.03. The number of carbonyl (C=O) groups excluding carboxylic acids is 3. The number of alkyl halides is 1. The van der Waals surface area contributed by atoms with E-state index < -0.39 is 35.8 Å². The van der Waals surface area contributed by atoms with Gasteiger partial charge in [0.1, 0.15) is 0 Å². The molecule has 0 saturated heterocycles. The summed E-state index contributed by atoms with van der Waals surface area (Å²) in [6.07, 6.45) is -0.561. The molecule has 0 bridgehead atoms. The number of nitrogens with zero attached hydrogens (tertiary/aromatic N) is 2. The second-order valence-electron chi connectivity index (χ2n) is 5.85. The van der Waals surface area contributed by atoms with Crippen molar-refractivity contribution in [3.63, 3.8) is 0 Å². The van der Waals surface area contributed by atoms with Crippen LogP contribution in [0.4, 0.5) is 13.6 Å². The minimum atomic E-state index is -1.41. The number of hydrogen-bond donors (Lipinski definition) is 1. The maximum absolute atomic E-state index is 13.7. The predicted octanol–water partition coefficient (Wildman–Crippen LogP) is 2.69. The molecule has 7 nitrogen and oxygen atoms in total. The van der Waals surface area contributed by atoms with Crippen LogP contribution in [-0.4, -0.2) is 47.1 Å². The third-order valence-corrected chi connectivity index (χ3v) is 4.52. The molecule has 2 unspecified atom stereocenters. The van der Waals surface area contributed by atoms with Gasteiger partial charge in [0.15, 0.2) is 11.6 Å². The van der Waals surface area contributed by atoms with E-state index in [1.807, 2.05) is 0 Å². The molecule has 1 aliphatic rings. The second kappa shape index (κ2) is 9.54. The van der Waals surface area contributed by atoms with E-state index in [1.165, 1.54) is 6.07 Å².